The van der Waals surface area contributed by atoms with Crippen LogP contribution in [0.4, 0.5) is 0 Å². The van der Waals surface area contributed by atoms with Gasteiger partial charge >= 0.3 is 0 Å². The van der Waals surface area contributed by atoms with Gasteiger partial charge in [0.1, 0.15) is 0 Å². The van der Waals surface area contributed by atoms with Gasteiger partial charge in [-0.15, -0.1) is 0 Å². The van der Waals surface area contributed by atoms with Gasteiger partial charge < -0.3 is 0 Å². The van der Waals surface area contributed by atoms with E-state index in [2.05, 4.69) is 0 Å². The molecular formula is C8H11Cl. The minimum atomic E-state index is 1.16. The summed E-state index contributed by atoms with van der Waals surface area (Å²) in [5, 5.41) is 0. The summed E-state index contributed by atoms with van der Waals surface area (Å²) in [6.07, 6.45) is 7.80. The van der Waals surface area contributed by atoms with Crippen molar-refractivity contribution in [3.05, 3.63) is 35.4 Å². The van der Waals surface area contributed by atoms with Crippen molar-refractivity contribution in [3.63, 3.8) is 0 Å². The van der Waals surface area contributed by atoms with Crippen molar-refractivity contribution in [3.8, 4) is 0 Å². The van der Waals surface area contributed by atoms with Crippen molar-refractivity contribution in [1.82, 2.24) is 0 Å². The van der Waals surface area contributed by atoms with E-state index in [4.69, 9.17) is 11.6 Å². The molecule has 0 spiro atoms. The second-order valence-corrected chi connectivity index (χ2v) is 1.98. The van der Waals surface area contributed by atoms with Gasteiger partial charge in [-0.3, -0.25) is 0 Å². The smallest absolute Gasteiger partial charge is 0.00450 e. The molecule has 0 saturated carbocycles. The SMILES string of the molecule is C/C=C/C=C(C)\C=C\Cl. The summed E-state index contributed by atoms with van der Waals surface area (Å²) in [6.45, 7) is 3.98. The van der Waals surface area contributed by atoms with E-state index in [1.165, 1.54) is 5.54 Å². The summed E-state index contributed by atoms with van der Waals surface area (Å²) in [6, 6.07) is 0. The van der Waals surface area contributed by atoms with E-state index in [9.17, 15) is 0 Å². The van der Waals surface area contributed by atoms with Crippen LogP contribution < -0.4 is 0 Å². The molecule has 0 amide bonds. The summed E-state index contributed by atoms with van der Waals surface area (Å²) in [5.41, 5.74) is 2.66. The molecule has 0 heterocycles. The molecule has 0 N–H and O–H groups in total. The summed E-state index contributed by atoms with van der Waals surface area (Å²) in [4.78, 5) is 0. The zero-order valence-corrected chi connectivity index (χ0v) is 6.52. The molecule has 0 atom stereocenters. The van der Waals surface area contributed by atoms with Crippen LogP contribution in [0.1, 0.15) is 13.8 Å². The van der Waals surface area contributed by atoms with Crippen molar-refractivity contribution in [2.24, 2.45) is 0 Å². The standard InChI is InChI=1S/C8H11Cl/c1-3-4-5-8(2)6-7-9/h3-7H,1-2H3/b4-3+,7-6+,8-5-. The van der Waals surface area contributed by atoms with Gasteiger partial charge in [0.2, 0.25) is 0 Å². The molecule has 0 aromatic rings. The van der Waals surface area contributed by atoms with Gasteiger partial charge in [0.05, 0.1) is 0 Å². The van der Waals surface area contributed by atoms with Crippen LogP contribution in [0.25, 0.3) is 0 Å². The lowest BCUT2D eigenvalue weighted by Gasteiger charge is -1.83. The fourth-order valence-electron chi connectivity index (χ4n) is 0.403. The Morgan fingerprint density at radius 1 is 1.44 bits per heavy atom. The van der Waals surface area contributed by atoms with Crippen LogP contribution in [-0.4, -0.2) is 0 Å². The summed E-state index contributed by atoms with van der Waals surface area (Å²) >= 11 is 5.33. The van der Waals surface area contributed by atoms with Gasteiger partial charge in [-0.25, -0.2) is 0 Å². The average Bonchev–Trinajstić information content (AvgIpc) is 1.85. The molecule has 0 aliphatic heterocycles. The molecule has 0 aromatic carbocycles. The largest absolute Gasteiger partial charge is 0.0929 e. The third-order valence-corrected chi connectivity index (χ3v) is 1.00. The number of hydrogen-bond acceptors (Lipinski definition) is 0. The predicted molar refractivity (Wildman–Crippen MR) is 43.6 cm³/mol. The fourth-order valence-corrected chi connectivity index (χ4v) is 0.602. The van der Waals surface area contributed by atoms with Crippen LogP contribution in [0.5, 0.6) is 0 Å². The Morgan fingerprint density at radius 3 is 2.56 bits per heavy atom. The monoisotopic (exact) mass is 142 g/mol. The van der Waals surface area contributed by atoms with E-state index in [0.29, 0.717) is 0 Å². The maximum absolute atomic E-state index is 5.33. The highest BCUT2D eigenvalue weighted by atomic mass is 35.5. The Hall–Kier alpha value is -0.490. The van der Waals surface area contributed by atoms with Crippen LogP contribution in [-0.2, 0) is 0 Å². The van der Waals surface area contributed by atoms with Crippen LogP contribution >= 0.6 is 11.6 Å². The van der Waals surface area contributed by atoms with Gasteiger partial charge in [-0.1, -0.05) is 35.4 Å². The van der Waals surface area contributed by atoms with E-state index in [1.54, 1.807) is 0 Å². The highest BCUT2D eigenvalue weighted by molar-refractivity contribution is 6.25. The van der Waals surface area contributed by atoms with Crippen LogP contribution in [0, 0.1) is 0 Å². The summed E-state index contributed by atoms with van der Waals surface area (Å²) in [5.74, 6) is 0. The first kappa shape index (κ1) is 8.51. The highest BCUT2D eigenvalue weighted by Gasteiger charge is 1.73. The molecule has 0 nitrogen and oxygen atoms in total. The predicted octanol–water partition coefficient (Wildman–Crippen LogP) is 3.26. The molecule has 0 saturated heterocycles. The highest BCUT2D eigenvalue weighted by Crippen LogP contribution is 1.95. The molecule has 0 aliphatic carbocycles. The lowest BCUT2D eigenvalue weighted by molar-refractivity contribution is 1.52. The zero-order valence-electron chi connectivity index (χ0n) is 5.76. The minimum absolute atomic E-state index is 1.16. The second kappa shape index (κ2) is 5.64. The zero-order chi connectivity index (χ0) is 7.11. The molecule has 0 rings (SSSR count). The molecule has 0 fully saturated rings. The third-order valence-electron chi connectivity index (χ3n) is 0.877. The third kappa shape index (κ3) is 5.38. The quantitative estimate of drug-likeness (QED) is 0.520. The van der Waals surface area contributed by atoms with Crippen molar-refractivity contribution in [2.75, 3.05) is 0 Å². The molecule has 0 bridgehead atoms. The molecule has 1 heteroatoms. The topological polar surface area (TPSA) is 0 Å². The first-order chi connectivity index (χ1) is 4.31. The number of rotatable bonds is 2. The molecule has 0 aromatic heterocycles. The van der Waals surface area contributed by atoms with E-state index in [0.717, 1.165) is 5.57 Å². The number of allylic oxidation sites excluding steroid dienone is 5. The normalized spacial score (nSPS) is 13.9. The van der Waals surface area contributed by atoms with Gasteiger partial charge in [0.15, 0.2) is 0 Å². The Morgan fingerprint density at radius 2 is 2.11 bits per heavy atom. The van der Waals surface area contributed by atoms with E-state index in [-0.39, 0.29) is 0 Å². The van der Waals surface area contributed by atoms with E-state index in [1.807, 2.05) is 38.2 Å². The first-order valence-corrected chi connectivity index (χ1v) is 3.31. The lowest BCUT2D eigenvalue weighted by atomic mass is 10.3. The molecule has 0 aliphatic rings. The molecule has 0 unspecified atom stereocenters. The molecule has 9 heavy (non-hydrogen) atoms. The van der Waals surface area contributed by atoms with Crippen molar-refractivity contribution in [1.29, 1.82) is 0 Å². The van der Waals surface area contributed by atoms with Crippen molar-refractivity contribution >= 4 is 11.6 Å². The van der Waals surface area contributed by atoms with Crippen LogP contribution in [0.2, 0.25) is 0 Å². The van der Waals surface area contributed by atoms with E-state index < -0.39 is 0 Å². The van der Waals surface area contributed by atoms with E-state index >= 15 is 0 Å². The first-order valence-electron chi connectivity index (χ1n) is 2.87. The van der Waals surface area contributed by atoms with Crippen molar-refractivity contribution < 1.29 is 0 Å². The fraction of sp³-hybridized carbons (Fsp3) is 0.250. The Balaban J connectivity index is 3.84. The van der Waals surface area contributed by atoms with Crippen LogP contribution in [0.3, 0.4) is 0 Å². The maximum atomic E-state index is 5.33. The maximum Gasteiger partial charge on any atom is 0.00450 e. The van der Waals surface area contributed by atoms with Gasteiger partial charge in [0, 0.05) is 5.54 Å². The Kier molecular flexibility index (Phi) is 5.34. The summed E-state index contributed by atoms with van der Waals surface area (Å²) in [7, 11) is 0. The lowest BCUT2D eigenvalue weighted by Crippen LogP contribution is -1.61. The second-order valence-electron chi connectivity index (χ2n) is 1.73. The number of halogens is 1. The summed E-state index contributed by atoms with van der Waals surface area (Å²) < 4.78 is 0. The minimum Gasteiger partial charge on any atom is -0.0929 e. The van der Waals surface area contributed by atoms with Crippen molar-refractivity contribution in [2.45, 2.75) is 13.8 Å². The van der Waals surface area contributed by atoms with Gasteiger partial charge in [-0.2, -0.15) is 0 Å². The van der Waals surface area contributed by atoms with Gasteiger partial charge in [0.25, 0.3) is 0 Å². The van der Waals surface area contributed by atoms with Crippen LogP contribution in [0.15, 0.2) is 35.4 Å². The van der Waals surface area contributed by atoms with Gasteiger partial charge in [-0.05, 0) is 19.9 Å². The average molecular weight is 143 g/mol. The molecule has 50 valence electrons. The number of hydrogen-bond donors (Lipinski definition) is 0. The molecular weight excluding hydrogens is 132 g/mol. The Labute approximate surface area is 61.5 Å². The Bertz CT molecular complexity index is 141. The molecule has 0 radical (unpaired) electrons.